The van der Waals surface area contributed by atoms with Crippen molar-refractivity contribution in [1.29, 1.82) is 0 Å². The summed E-state index contributed by atoms with van der Waals surface area (Å²) in [6.45, 7) is 0. The molecule has 0 fully saturated rings. The zero-order valence-corrected chi connectivity index (χ0v) is 6.16. The molecule has 0 heterocycles. The molecule has 0 bridgehead atoms. The van der Waals surface area contributed by atoms with Crippen molar-refractivity contribution in [2.24, 2.45) is 0 Å². The van der Waals surface area contributed by atoms with E-state index in [1.807, 2.05) is 0 Å². The normalized spacial score (nSPS) is 8.29. The Bertz CT molecular complexity index is 94.9. The second-order valence-corrected chi connectivity index (χ2v) is 1.22. The molecular formula is CuO4STi. The molecule has 0 atom stereocenters. The fraction of sp³-hybridized carbons (Fsp3) is 0. The molecular weight excluding hydrogens is 207 g/mol. The Morgan fingerprint density at radius 1 is 1.14 bits per heavy atom. The van der Waals surface area contributed by atoms with Crippen molar-refractivity contribution < 1.29 is 56.3 Å². The second kappa shape index (κ2) is 5.24. The molecule has 0 aromatic carbocycles. The summed E-state index contributed by atoms with van der Waals surface area (Å²) in [5.74, 6) is 0. The van der Waals surface area contributed by atoms with Crippen LogP contribution in [0.4, 0.5) is 0 Å². The molecule has 1 radical (unpaired) electrons. The van der Waals surface area contributed by atoms with Crippen molar-refractivity contribution >= 4 is 10.4 Å². The molecule has 0 aromatic rings. The fourth-order valence-electron chi connectivity index (χ4n) is 0. The van der Waals surface area contributed by atoms with Gasteiger partial charge in [-0.3, -0.25) is 8.42 Å². The van der Waals surface area contributed by atoms with E-state index in [0.29, 0.717) is 0 Å². The average Bonchev–Trinajstić information content (AvgIpc) is 0.722. The third-order valence-electron chi connectivity index (χ3n) is 0. The summed E-state index contributed by atoms with van der Waals surface area (Å²) in [7, 11) is -5.17. The molecule has 0 amide bonds. The minimum atomic E-state index is -5.17. The van der Waals surface area contributed by atoms with Crippen molar-refractivity contribution in [3.8, 4) is 0 Å². The largest absolute Gasteiger partial charge is 2.00 e. The van der Waals surface area contributed by atoms with Gasteiger partial charge in [-0.2, -0.15) is 0 Å². The van der Waals surface area contributed by atoms with Crippen LogP contribution in [0.2, 0.25) is 0 Å². The van der Waals surface area contributed by atoms with Gasteiger partial charge in [-0.15, -0.1) is 0 Å². The van der Waals surface area contributed by atoms with Gasteiger partial charge in [0.15, 0.2) is 0 Å². The van der Waals surface area contributed by atoms with Crippen molar-refractivity contribution in [1.82, 2.24) is 0 Å². The summed E-state index contributed by atoms with van der Waals surface area (Å²) in [5, 5.41) is 0. The fourth-order valence-corrected chi connectivity index (χ4v) is 0. The zero-order chi connectivity index (χ0) is 4.50. The first-order chi connectivity index (χ1) is 2.00. The van der Waals surface area contributed by atoms with E-state index < -0.39 is 10.4 Å². The van der Waals surface area contributed by atoms with Gasteiger partial charge in [0.25, 0.3) is 0 Å². The predicted octanol–water partition coefficient (Wildman–Crippen LogP) is -1.34. The Balaban J connectivity index is -0.0000000800. The van der Waals surface area contributed by atoms with Crippen LogP contribution in [0.1, 0.15) is 0 Å². The average molecular weight is 207 g/mol. The summed E-state index contributed by atoms with van der Waals surface area (Å²) in [6.07, 6.45) is 0. The van der Waals surface area contributed by atoms with Gasteiger partial charge in [0.1, 0.15) is 0 Å². The first-order valence-electron chi connectivity index (χ1n) is 0.667. The van der Waals surface area contributed by atoms with E-state index in [4.69, 9.17) is 17.5 Å². The molecule has 0 rings (SSSR count). The van der Waals surface area contributed by atoms with E-state index in [9.17, 15) is 0 Å². The molecule has 7 heteroatoms. The minimum Gasteiger partial charge on any atom is -0.759 e. The van der Waals surface area contributed by atoms with E-state index in [-0.39, 0.29) is 38.8 Å². The van der Waals surface area contributed by atoms with Gasteiger partial charge in [0, 0.05) is 32.1 Å². The summed E-state index contributed by atoms with van der Waals surface area (Å²) < 4.78 is 34.1. The predicted molar refractivity (Wildman–Crippen MR) is 10.5 cm³/mol. The smallest absolute Gasteiger partial charge is 0.759 e. The van der Waals surface area contributed by atoms with Crippen LogP contribution in [0.25, 0.3) is 0 Å². The van der Waals surface area contributed by atoms with Crippen LogP contribution < -0.4 is 0 Å². The Morgan fingerprint density at radius 3 is 1.14 bits per heavy atom. The number of rotatable bonds is 0. The van der Waals surface area contributed by atoms with Gasteiger partial charge in [0.05, 0.1) is 0 Å². The number of hydrogen-bond donors (Lipinski definition) is 0. The van der Waals surface area contributed by atoms with Gasteiger partial charge in [-0.25, -0.2) is 0 Å². The maximum atomic E-state index is 8.52. The van der Waals surface area contributed by atoms with Crippen molar-refractivity contribution in [3.63, 3.8) is 0 Å². The second-order valence-electron chi connectivity index (χ2n) is 0.408. The van der Waals surface area contributed by atoms with E-state index in [2.05, 4.69) is 0 Å². The molecule has 0 spiro atoms. The van der Waals surface area contributed by atoms with Gasteiger partial charge in [-0.05, 0) is 0 Å². The summed E-state index contributed by atoms with van der Waals surface area (Å²) in [5.41, 5.74) is 0. The van der Waals surface area contributed by atoms with E-state index in [1.54, 1.807) is 0 Å². The van der Waals surface area contributed by atoms with E-state index in [0.717, 1.165) is 0 Å². The maximum Gasteiger partial charge on any atom is 2.00 e. The molecule has 0 aliphatic rings. The van der Waals surface area contributed by atoms with Crippen molar-refractivity contribution in [2.75, 3.05) is 0 Å². The Labute approximate surface area is 66.6 Å². The molecule has 0 aliphatic heterocycles. The van der Waals surface area contributed by atoms with Crippen LogP contribution in [0.5, 0.6) is 0 Å². The molecule has 0 aromatic heterocycles. The molecule has 0 aliphatic carbocycles. The van der Waals surface area contributed by atoms with E-state index >= 15 is 0 Å². The first-order valence-corrected chi connectivity index (χ1v) is 2.00. The van der Waals surface area contributed by atoms with Crippen LogP contribution in [-0.2, 0) is 49.2 Å². The Kier molecular flexibility index (Phi) is 11.8. The van der Waals surface area contributed by atoms with Gasteiger partial charge >= 0.3 is 17.1 Å². The number of hydrogen-bond acceptors (Lipinski definition) is 4. The monoisotopic (exact) mass is 207 g/mol. The standard InChI is InChI=1S/Cu.H2O4S.Ti/c;1-5(2,3)4;/h;(H2,1,2,3,4);/q+2;;/p-2. The zero-order valence-electron chi connectivity index (χ0n) is 2.84. The topological polar surface area (TPSA) is 80.3 Å². The van der Waals surface area contributed by atoms with Crippen molar-refractivity contribution in [2.45, 2.75) is 0 Å². The molecule has 0 saturated heterocycles. The van der Waals surface area contributed by atoms with Crippen LogP contribution in [0.15, 0.2) is 0 Å². The van der Waals surface area contributed by atoms with Crippen molar-refractivity contribution in [3.05, 3.63) is 0 Å². The third-order valence-corrected chi connectivity index (χ3v) is 0. The van der Waals surface area contributed by atoms with Crippen LogP contribution in [0.3, 0.4) is 0 Å². The summed E-state index contributed by atoms with van der Waals surface area (Å²) >= 11 is 0. The summed E-state index contributed by atoms with van der Waals surface area (Å²) in [4.78, 5) is 0. The molecule has 0 N–H and O–H groups in total. The van der Waals surface area contributed by atoms with Crippen LogP contribution in [-0.4, -0.2) is 17.5 Å². The minimum absolute atomic E-state index is 0. The summed E-state index contributed by atoms with van der Waals surface area (Å²) in [6, 6.07) is 0. The molecule has 45 valence electrons. The van der Waals surface area contributed by atoms with Gasteiger partial charge in [0.2, 0.25) is 0 Å². The Morgan fingerprint density at radius 2 is 1.14 bits per heavy atom. The SMILES string of the molecule is O=S(=O)([O-])[O-].[Cu+2].[Ti]. The Hall–Kier alpha value is 1.10. The van der Waals surface area contributed by atoms with Crippen LogP contribution >= 0.6 is 0 Å². The molecule has 0 unspecified atom stereocenters. The molecule has 4 nitrogen and oxygen atoms in total. The maximum absolute atomic E-state index is 8.52. The van der Waals surface area contributed by atoms with Gasteiger partial charge < -0.3 is 9.11 Å². The third kappa shape index (κ3) is 152. The quantitative estimate of drug-likeness (QED) is 0.280. The van der Waals surface area contributed by atoms with E-state index in [1.165, 1.54) is 0 Å². The van der Waals surface area contributed by atoms with Crippen LogP contribution in [0, 0.1) is 0 Å². The first kappa shape index (κ1) is 15.7. The molecule has 0 saturated carbocycles. The molecule has 7 heavy (non-hydrogen) atoms. The van der Waals surface area contributed by atoms with Gasteiger partial charge in [-0.1, -0.05) is 0 Å².